The van der Waals surface area contributed by atoms with Gasteiger partial charge in [-0.2, -0.15) is 0 Å². The molecule has 3 aliphatic heterocycles. The van der Waals surface area contributed by atoms with Crippen molar-refractivity contribution >= 4 is 40.9 Å². The Bertz CT molecular complexity index is 2170. The number of hydrogen-bond donors (Lipinski definition) is 5. The molecule has 0 radical (unpaired) electrons. The van der Waals surface area contributed by atoms with Gasteiger partial charge in [0.05, 0.1) is 5.69 Å². The summed E-state index contributed by atoms with van der Waals surface area (Å²) >= 11 is 0. The Hall–Kier alpha value is -5.99. The largest absolute Gasteiger partial charge is 0.393 e. The third kappa shape index (κ3) is 10.6. The van der Waals surface area contributed by atoms with Crippen molar-refractivity contribution in [2.75, 3.05) is 54.4 Å². The number of rotatable bonds is 12. The van der Waals surface area contributed by atoms with E-state index in [2.05, 4.69) is 73.2 Å². The summed E-state index contributed by atoms with van der Waals surface area (Å²) in [5.74, 6) is 7.19. The predicted molar refractivity (Wildman–Crippen MR) is 237 cm³/mol. The molecule has 14 nitrogen and oxygen atoms in total. The van der Waals surface area contributed by atoms with Gasteiger partial charge in [-0.25, -0.2) is 20.6 Å². The van der Waals surface area contributed by atoms with E-state index in [1.165, 1.54) is 35.3 Å². The number of nitrogens with zero attached hydrogens (tertiary/aromatic N) is 6. The average Bonchev–Trinajstić information content (AvgIpc) is 3.24. The molecule has 0 bridgehead atoms. The third-order valence-corrected chi connectivity index (χ3v) is 12.0. The number of benzene rings is 3. The van der Waals surface area contributed by atoms with Crippen molar-refractivity contribution in [2.45, 2.75) is 77.8 Å². The van der Waals surface area contributed by atoms with Crippen LogP contribution in [-0.2, 0) is 16.1 Å². The molecule has 3 saturated heterocycles. The van der Waals surface area contributed by atoms with E-state index in [-0.39, 0.29) is 29.1 Å². The van der Waals surface area contributed by atoms with Gasteiger partial charge in [0.1, 0.15) is 5.70 Å². The fraction of sp³-hybridized carbons (Fsp3) is 0.413. The normalized spacial score (nSPS) is 17.4. The van der Waals surface area contributed by atoms with Crippen LogP contribution in [-0.4, -0.2) is 82.5 Å². The van der Waals surface area contributed by atoms with Crippen LogP contribution in [0.3, 0.4) is 0 Å². The van der Waals surface area contributed by atoms with Crippen molar-refractivity contribution < 1.29 is 14.4 Å². The third-order valence-electron chi connectivity index (χ3n) is 12.0. The molecule has 0 spiro atoms. The van der Waals surface area contributed by atoms with Gasteiger partial charge < -0.3 is 31.2 Å². The molecule has 3 aromatic carbocycles. The first-order chi connectivity index (χ1) is 28.8. The standard InChI is InChI=1S/C46H59N11O3/c1-31-27-35(5-6-36(31)28-50-43(59)40(47)30-57(48)46(2,3)4)41-15-21-49-44(52-41)51-37-9-7-33(8-10-37)34-18-22-54(23-19-34)29-32-16-24-55(25-17-32)38-11-13-39(14-12-38)56-26-20-42(58)53-45(56)60/h5-15,21,27,30,32,34H,16-20,22-26,28-29,47-48H2,1-4H3,(H,50,59)(H,49,51,52)(H,53,58,60)/b40-30-. The summed E-state index contributed by atoms with van der Waals surface area (Å²) in [6.45, 7) is 14.0. The highest BCUT2D eigenvalue weighted by atomic mass is 16.2. The van der Waals surface area contributed by atoms with Gasteiger partial charge in [-0.1, -0.05) is 24.3 Å². The molecule has 0 atom stereocenters. The van der Waals surface area contributed by atoms with Gasteiger partial charge >= 0.3 is 6.03 Å². The number of anilines is 4. The summed E-state index contributed by atoms with van der Waals surface area (Å²) in [7, 11) is 0. The lowest BCUT2D eigenvalue weighted by atomic mass is 9.88. The quantitative estimate of drug-likeness (QED) is 0.0632. The zero-order valence-electron chi connectivity index (χ0n) is 35.3. The molecule has 0 saturated carbocycles. The van der Waals surface area contributed by atoms with Gasteiger partial charge in [-0.15, -0.1) is 0 Å². The second kappa shape index (κ2) is 18.5. The molecular weight excluding hydrogens is 755 g/mol. The lowest BCUT2D eigenvalue weighted by Crippen LogP contribution is -2.49. The highest BCUT2D eigenvalue weighted by Gasteiger charge is 2.27. The van der Waals surface area contributed by atoms with Gasteiger partial charge in [-0.05, 0) is 144 Å². The van der Waals surface area contributed by atoms with E-state index in [0.29, 0.717) is 37.3 Å². The van der Waals surface area contributed by atoms with Crippen LogP contribution >= 0.6 is 0 Å². The fourth-order valence-corrected chi connectivity index (χ4v) is 8.12. The van der Waals surface area contributed by atoms with Crippen LogP contribution < -0.4 is 37.3 Å². The number of hydrazine groups is 1. The van der Waals surface area contributed by atoms with Crippen molar-refractivity contribution in [1.82, 2.24) is 30.5 Å². The minimum atomic E-state index is -0.377. The van der Waals surface area contributed by atoms with Crippen LogP contribution in [0, 0.1) is 12.8 Å². The molecule has 4 amide bonds. The molecular formula is C46H59N11O3. The molecule has 1 aromatic heterocycles. The molecule has 0 unspecified atom stereocenters. The van der Waals surface area contributed by atoms with E-state index in [0.717, 1.165) is 79.3 Å². The van der Waals surface area contributed by atoms with Gasteiger partial charge in [0.25, 0.3) is 5.91 Å². The molecule has 14 heteroatoms. The lowest BCUT2D eigenvalue weighted by Gasteiger charge is -2.38. The smallest absolute Gasteiger partial charge is 0.328 e. The molecule has 3 fully saturated rings. The Labute approximate surface area is 353 Å². The molecule has 4 heterocycles. The van der Waals surface area contributed by atoms with E-state index < -0.39 is 0 Å². The summed E-state index contributed by atoms with van der Waals surface area (Å²) in [5, 5.41) is 10.1. The number of nitrogens with one attached hydrogen (secondary N) is 3. The second-order valence-electron chi connectivity index (χ2n) is 17.3. The van der Waals surface area contributed by atoms with Gasteiger partial charge in [0.15, 0.2) is 0 Å². The van der Waals surface area contributed by atoms with Crippen LogP contribution in [0.15, 0.2) is 90.9 Å². The van der Waals surface area contributed by atoms with Crippen LogP contribution in [0.1, 0.15) is 75.5 Å². The van der Waals surface area contributed by atoms with E-state index >= 15 is 0 Å². The summed E-state index contributed by atoms with van der Waals surface area (Å²) in [6, 6.07) is 24.5. The molecule has 4 aromatic rings. The number of aromatic nitrogens is 2. The molecule has 7 N–H and O–H groups in total. The molecule has 3 aliphatic rings. The van der Waals surface area contributed by atoms with Gasteiger partial charge in [0, 0.05) is 79.7 Å². The Morgan fingerprint density at radius 2 is 1.62 bits per heavy atom. The topological polar surface area (TPSA) is 178 Å². The number of nitrogens with two attached hydrogens (primary N) is 2. The van der Waals surface area contributed by atoms with Crippen molar-refractivity contribution in [1.29, 1.82) is 0 Å². The molecule has 7 rings (SSSR count). The van der Waals surface area contributed by atoms with E-state index in [9.17, 15) is 14.4 Å². The molecule has 316 valence electrons. The van der Waals surface area contributed by atoms with Crippen LogP contribution in [0.5, 0.6) is 0 Å². The predicted octanol–water partition coefficient (Wildman–Crippen LogP) is 6.13. The summed E-state index contributed by atoms with van der Waals surface area (Å²) in [6.07, 6.45) is 8.21. The minimum absolute atomic E-state index is 0.0495. The van der Waals surface area contributed by atoms with Crippen molar-refractivity contribution in [3.8, 4) is 11.3 Å². The van der Waals surface area contributed by atoms with Crippen molar-refractivity contribution in [2.24, 2.45) is 17.5 Å². The Morgan fingerprint density at radius 3 is 2.28 bits per heavy atom. The highest BCUT2D eigenvalue weighted by Crippen LogP contribution is 2.32. The number of urea groups is 1. The lowest BCUT2D eigenvalue weighted by molar-refractivity contribution is -0.120. The summed E-state index contributed by atoms with van der Waals surface area (Å²) < 4.78 is 0. The molecule has 0 aliphatic carbocycles. The first-order valence-electron chi connectivity index (χ1n) is 21.1. The summed E-state index contributed by atoms with van der Waals surface area (Å²) in [5.41, 5.74) is 13.8. The van der Waals surface area contributed by atoms with E-state index in [1.807, 2.05) is 58.0 Å². The molecule has 60 heavy (non-hydrogen) atoms. The monoisotopic (exact) mass is 813 g/mol. The number of likely N-dealkylation sites (tertiary alicyclic amines) is 1. The maximum atomic E-state index is 12.6. The average molecular weight is 814 g/mol. The zero-order valence-corrected chi connectivity index (χ0v) is 35.3. The van der Waals surface area contributed by atoms with Crippen LogP contribution in [0.25, 0.3) is 11.3 Å². The first kappa shape index (κ1) is 42.1. The maximum absolute atomic E-state index is 12.6. The zero-order chi connectivity index (χ0) is 42.4. The number of aryl methyl sites for hydroxylation is 1. The van der Waals surface area contributed by atoms with Crippen molar-refractivity contribution in [3.63, 3.8) is 0 Å². The number of piperidine rings is 2. The SMILES string of the molecule is Cc1cc(-c2ccnc(Nc3ccc(C4CCN(CC5CCN(c6ccc(N7CCC(=O)NC7=O)cc6)CC5)CC4)cc3)n2)ccc1CNC(=O)/C(N)=C/N(N)C(C)(C)C. The van der Waals surface area contributed by atoms with E-state index in [4.69, 9.17) is 16.6 Å². The Balaban J connectivity index is 0.843. The van der Waals surface area contributed by atoms with E-state index in [1.54, 1.807) is 11.1 Å². The second-order valence-corrected chi connectivity index (χ2v) is 17.3. The highest BCUT2D eigenvalue weighted by molar-refractivity contribution is 6.05. The summed E-state index contributed by atoms with van der Waals surface area (Å²) in [4.78, 5) is 52.4. The number of carbonyl (C=O) groups excluding carboxylic acids is 3. The Kier molecular flexibility index (Phi) is 13.0. The maximum Gasteiger partial charge on any atom is 0.328 e. The number of amides is 4. The fourth-order valence-electron chi connectivity index (χ4n) is 8.12. The van der Waals surface area contributed by atoms with Crippen LogP contribution in [0.4, 0.5) is 27.8 Å². The minimum Gasteiger partial charge on any atom is -0.393 e. The number of hydrogen-bond acceptors (Lipinski definition) is 11. The van der Waals surface area contributed by atoms with Crippen molar-refractivity contribution in [3.05, 3.63) is 108 Å². The number of imide groups is 1. The van der Waals surface area contributed by atoms with Gasteiger partial charge in [0.2, 0.25) is 11.9 Å². The Morgan fingerprint density at radius 1 is 0.917 bits per heavy atom. The number of carbonyl (C=O) groups is 3. The van der Waals surface area contributed by atoms with Gasteiger partial charge in [-0.3, -0.25) is 19.8 Å². The first-order valence-corrected chi connectivity index (χ1v) is 21.1. The van der Waals surface area contributed by atoms with Crippen LogP contribution in [0.2, 0.25) is 0 Å².